The summed E-state index contributed by atoms with van der Waals surface area (Å²) in [6, 6.07) is 7.72. The van der Waals surface area contributed by atoms with E-state index in [2.05, 4.69) is 4.99 Å². The van der Waals surface area contributed by atoms with Crippen molar-refractivity contribution in [3.63, 3.8) is 0 Å². The fourth-order valence-electron chi connectivity index (χ4n) is 2.41. The minimum atomic E-state index is -0.783. The van der Waals surface area contributed by atoms with Gasteiger partial charge in [-0.15, -0.1) is 0 Å². The van der Waals surface area contributed by atoms with E-state index in [4.69, 9.17) is 15.2 Å². The third-order valence-corrected chi connectivity index (χ3v) is 4.51. The molecule has 0 bridgehead atoms. The van der Waals surface area contributed by atoms with Crippen LogP contribution in [0.15, 0.2) is 46.3 Å². The molecule has 3 rings (SSSR count). The smallest absolute Gasteiger partial charge is 0.318 e. The fraction of sp³-hybridized carbons (Fsp3) is 0.0588. The number of nitrogens with two attached hydrogens (primary N) is 1. The lowest BCUT2D eigenvalue weighted by molar-refractivity contribution is -0.394. The predicted molar refractivity (Wildman–Crippen MR) is 105 cm³/mol. The maximum absolute atomic E-state index is 11.8. The van der Waals surface area contributed by atoms with Crippen LogP contribution in [0, 0.1) is 20.2 Å². The number of benzene rings is 2. The summed E-state index contributed by atoms with van der Waals surface area (Å²) in [5, 5.41) is 22.3. The highest BCUT2D eigenvalue weighted by molar-refractivity contribution is 8.18. The van der Waals surface area contributed by atoms with Gasteiger partial charge in [-0.25, -0.2) is 0 Å². The van der Waals surface area contributed by atoms with Gasteiger partial charge in [-0.3, -0.25) is 25.0 Å². The number of methoxy groups -OCH3 is 1. The third-order valence-electron chi connectivity index (χ3n) is 3.69. The van der Waals surface area contributed by atoms with Crippen molar-refractivity contribution in [2.75, 3.05) is 7.11 Å². The van der Waals surface area contributed by atoms with E-state index in [1.807, 2.05) is 0 Å². The number of non-ortho nitro benzene ring substituents is 1. The SMILES string of the molecule is COc1ccc(/C=C2/SC(N)=NC2=O)cc1Oc1ccc([N+](=O)[O-])cc1[N+](=O)[O-]. The number of ether oxygens (including phenoxy) is 2. The van der Waals surface area contributed by atoms with Crippen LogP contribution < -0.4 is 15.2 Å². The molecule has 1 heterocycles. The van der Waals surface area contributed by atoms with Crippen LogP contribution in [0.1, 0.15) is 5.56 Å². The summed E-state index contributed by atoms with van der Waals surface area (Å²) in [6.07, 6.45) is 1.53. The number of rotatable bonds is 6. The number of amides is 1. The fourth-order valence-corrected chi connectivity index (χ4v) is 3.09. The maximum Gasteiger partial charge on any atom is 0.318 e. The van der Waals surface area contributed by atoms with E-state index < -0.39 is 27.1 Å². The molecule has 0 aromatic heterocycles. The monoisotopic (exact) mass is 416 g/mol. The van der Waals surface area contributed by atoms with Crippen LogP contribution in [-0.4, -0.2) is 28.0 Å². The number of nitro groups is 2. The van der Waals surface area contributed by atoms with Crippen molar-refractivity contribution >= 4 is 40.3 Å². The third kappa shape index (κ3) is 4.32. The molecular formula is C17H12N4O7S. The van der Waals surface area contributed by atoms with E-state index in [1.165, 1.54) is 19.3 Å². The Morgan fingerprint density at radius 2 is 1.79 bits per heavy atom. The van der Waals surface area contributed by atoms with Crippen LogP contribution in [0.3, 0.4) is 0 Å². The standard InChI is InChI=1S/C17H12N4O7S/c1-27-13-4-2-9(7-15-16(22)19-17(18)29-15)6-14(13)28-12-5-3-10(20(23)24)8-11(12)21(25)26/h2-8H,1H3,(H2,18,19,22)/b15-7+. The Morgan fingerprint density at radius 1 is 1.07 bits per heavy atom. The summed E-state index contributed by atoms with van der Waals surface area (Å²) >= 11 is 1.01. The van der Waals surface area contributed by atoms with Crippen LogP contribution in [0.5, 0.6) is 17.2 Å². The van der Waals surface area contributed by atoms with Crippen molar-refractivity contribution in [2.24, 2.45) is 10.7 Å². The van der Waals surface area contributed by atoms with Gasteiger partial charge in [0.25, 0.3) is 11.6 Å². The molecule has 2 N–H and O–H groups in total. The summed E-state index contributed by atoms with van der Waals surface area (Å²) in [5.74, 6) is -0.302. The second-order valence-corrected chi connectivity index (χ2v) is 6.61. The van der Waals surface area contributed by atoms with Crippen molar-refractivity contribution in [3.05, 3.63) is 67.1 Å². The summed E-state index contributed by atoms with van der Waals surface area (Å²) in [6.45, 7) is 0. The second kappa shape index (κ2) is 7.98. The van der Waals surface area contributed by atoms with E-state index in [-0.39, 0.29) is 22.4 Å². The second-order valence-electron chi connectivity index (χ2n) is 5.54. The van der Waals surface area contributed by atoms with E-state index in [0.717, 1.165) is 30.0 Å². The first-order valence-corrected chi connectivity index (χ1v) is 8.67. The summed E-state index contributed by atoms with van der Waals surface area (Å²) in [7, 11) is 1.38. The van der Waals surface area contributed by atoms with Crippen molar-refractivity contribution in [3.8, 4) is 17.2 Å². The summed E-state index contributed by atoms with van der Waals surface area (Å²) < 4.78 is 10.8. The van der Waals surface area contributed by atoms with Gasteiger partial charge in [-0.1, -0.05) is 6.07 Å². The Kier molecular flexibility index (Phi) is 5.45. The first kappa shape index (κ1) is 19.8. The first-order valence-electron chi connectivity index (χ1n) is 7.85. The van der Waals surface area contributed by atoms with Gasteiger partial charge in [-0.05, 0) is 41.6 Å². The molecule has 1 aliphatic rings. The molecule has 148 valence electrons. The van der Waals surface area contributed by atoms with Crippen molar-refractivity contribution < 1.29 is 24.1 Å². The number of carbonyl (C=O) groups is 1. The molecule has 0 aliphatic carbocycles. The maximum atomic E-state index is 11.8. The molecule has 2 aromatic rings. The molecule has 12 heteroatoms. The lowest BCUT2D eigenvalue weighted by Crippen LogP contribution is -2.01. The lowest BCUT2D eigenvalue weighted by atomic mass is 10.2. The molecule has 0 saturated carbocycles. The van der Waals surface area contributed by atoms with E-state index >= 15 is 0 Å². The molecule has 0 unspecified atom stereocenters. The molecule has 29 heavy (non-hydrogen) atoms. The summed E-state index contributed by atoms with van der Waals surface area (Å²) in [5.41, 5.74) is 5.04. The minimum Gasteiger partial charge on any atom is -0.493 e. The molecule has 0 spiro atoms. The molecular weight excluding hydrogens is 404 g/mol. The Balaban J connectivity index is 1.99. The molecule has 0 radical (unpaired) electrons. The van der Waals surface area contributed by atoms with Gasteiger partial charge >= 0.3 is 5.69 Å². The number of nitrogens with zero attached hydrogens (tertiary/aromatic N) is 3. The highest BCUT2D eigenvalue weighted by Crippen LogP contribution is 2.39. The van der Waals surface area contributed by atoms with Crippen molar-refractivity contribution in [2.45, 2.75) is 0 Å². The Labute approximate surface area is 167 Å². The average Bonchev–Trinajstić information content (AvgIpc) is 2.98. The number of nitro benzene ring substituents is 2. The normalized spacial score (nSPS) is 14.6. The highest BCUT2D eigenvalue weighted by atomic mass is 32.2. The highest BCUT2D eigenvalue weighted by Gasteiger charge is 2.23. The Bertz CT molecular complexity index is 1100. The zero-order valence-electron chi connectivity index (χ0n) is 14.7. The average molecular weight is 416 g/mol. The van der Waals surface area contributed by atoms with Crippen molar-refractivity contribution in [1.29, 1.82) is 0 Å². The van der Waals surface area contributed by atoms with Gasteiger partial charge in [0.15, 0.2) is 16.7 Å². The van der Waals surface area contributed by atoms with Crippen LogP contribution in [0.2, 0.25) is 0 Å². The van der Waals surface area contributed by atoms with Crippen LogP contribution in [0.25, 0.3) is 6.08 Å². The van der Waals surface area contributed by atoms with Crippen molar-refractivity contribution in [1.82, 2.24) is 0 Å². The number of amidine groups is 1. The minimum absolute atomic E-state index is 0.114. The van der Waals surface area contributed by atoms with Gasteiger partial charge in [-0.2, -0.15) is 4.99 Å². The zero-order chi connectivity index (χ0) is 21.1. The zero-order valence-corrected chi connectivity index (χ0v) is 15.5. The number of carbonyl (C=O) groups excluding carboxylic acids is 1. The molecule has 0 saturated heterocycles. The number of thioether (sulfide) groups is 1. The van der Waals surface area contributed by atoms with Gasteiger partial charge in [0, 0.05) is 6.07 Å². The van der Waals surface area contributed by atoms with E-state index in [9.17, 15) is 25.0 Å². The van der Waals surface area contributed by atoms with Gasteiger partial charge in [0.2, 0.25) is 5.75 Å². The lowest BCUT2D eigenvalue weighted by Gasteiger charge is -2.11. The molecule has 1 amide bonds. The molecule has 0 atom stereocenters. The molecule has 11 nitrogen and oxygen atoms in total. The van der Waals surface area contributed by atoms with Crippen LogP contribution in [-0.2, 0) is 4.79 Å². The van der Waals surface area contributed by atoms with Gasteiger partial charge < -0.3 is 15.2 Å². The quantitative estimate of drug-likeness (QED) is 0.423. The van der Waals surface area contributed by atoms with Crippen LogP contribution in [0.4, 0.5) is 11.4 Å². The Morgan fingerprint density at radius 3 is 2.38 bits per heavy atom. The molecule has 1 aliphatic heterocycles. The summed E-state index contributed by atoms with van der Waals surface area (Å²) in [4.78, 5) is 36.3. The van der Waals surface area contributed by atoms with Gasteiger partial charge in [0.1, 0.15) is 0 Å². The number of aliphatic imine (C=N–C) groups is 1. The van der Waals surface area contributed by atoms with Gasteiger partial charge in [0.05, 0.1) is 27.9 Å². The Hall–Kier alpha value is -3.93. The van der Waals surface area contributed by atoms with E-state index in [1.54, 1.807) is 12.1 Å². The number of hydrogen-bond acceptors (Lipinski definition) is 9. The predicted octanol–water partition coefficient (Wildman–Crippen LogP) is 3.23. The number of hydrogen-bond donors (Lipinski definition) is 1. The van der Waals surface area contributed by atoms with E-state index in [0.29, 0.717) is 10.5 Å². The topological polar surface area (TPSA) is 160 Å². The van der Waals surface area contributed by atoms with Crippen LogP contribution >= 0.6 is 11.8 Å². The first-order chi connectivity index (χ1) is 13.8. The largest absolute Gasteiger partial charge is 0.493 e. The molecule has 0 fully saturated rings. The molecule has 2 aromatic carbocycles.